The van der Waals surface area contributed by atoms with Crippen LogP contribution in [0.25, 0.3) is 0 Å². The third-order valence-corrected chi connectivity index (χ3v) is 2.80. The van der Waals surface area contributed by atoms with Gasteiger partial charge in [0.15, 0.2) is 0 Å². The highest BCUT2D eigenvalue weighted by atomic mass is 15.1. The molecule has 0 aromatic carbocycles. The number of aromatic nitrogens is 2. The average molecular weight is 179 g/mol. The molecule has 1 aromatic rings. The summed E-state index contributed by atoms with van der Waals surface area (Å²) in [6, 6.07) is 0.738. The molecule has 3 heteroatoms. The SMILES string of the molecule is Cc1nccn1CCC1CCCN1. The minimum absolute atomic E-state index is 0.738. The Bertz CT molecular complexity index is 261. The van der Waals surface area contributed by atoms with Gasteiger partial charge in [-0.2, -0.15) is 0 Å². The van der Waals surface area contributed by atoms with Crippen LogP contribution in [-0.4, -0.2) is 22.1 Å². The minimum Gasteiger partial charge on any atom is -0.335 e. The zero-order valence-electron chi connectivity index (χ0n) is 8.16. The summed E-state index contributed by atoms with van der Waals surface area (Å²) in [5.74, 6) is 1.12. The van der Waals surface area contributed by atoms with Gasteiger partial charge in [-0.15, -0.1) is 0 Å². The lowest BCUT2D eigenvalue weighted by molar-refractivity contribution is 0.500. The molecule has 1 unspecified atom stereocenters. The van der Waals surface area contributed by atoms with Crippen molar-refractivity contribution in [2.45, 2.75) is 38.8 Å². The second-order valence-electron chi connectivity index (χ2n) is 3.75. The third-order valence-electron chi connectivity index (χ3n) is 2.80. The predicted molar refractivity (Wildman–Crippen MR) is 52.6 cm³/mol. The van der Waals surface area contributed by atoms with Crippen LogP contribution >= 0.6 is 0 Å². The lowest BCUT2D eigenvalue weighted by Crippen LogP contribution is -2.22. The van der Waals surface area contributed by atoms with Crippen molar-refractivity contribution in [3.05, 3.63) is 18.2 Å². The van der Waals surface area contributed by atoms with Gasteiger partial charge in [-0.3, -0.25) is 0 Å². The van der Waals surface area contributed by atoms with Crippen molar-refractivity contribution in [2.75, 3.05) is 6.54 Å². The fourth-order valence-electron chi connectivity index (χ4n) is 1.94. The van der Waals surface area contributed by atoms with Crippen LogP contribution in [-0.2, 0) is 6.54 Å². The van der Waals surface area contributed by atoms with Crippen LogP contribution in [0.15, 0.2) is 12.4 Å². The van der Waals surface area contributed by atoms with Crippen LogP contribution in [0, 0.1) is 6.92 Å². The number of nitrogens with zero attached hydrogens (tertiary/aromatic N) is 2. The van der Waals surface area contributed by atoms with E-state index in [9.17, 15) is 0 Å². The molecule has 1 saturated heterocycles. The summed E-state index contributed by atoms with van der Waals surface area (Å²) >= 11 is 0. The lowest BCUT2D eigenvalue weighted by atomic mass is 10.1. The summed E-state index contributed by atoms with van der Waals surface area (Å²) < 4.78 is 2.22. The fourth-order valence-corrected chi connectivity index (χ4v) is 1.94. The van der Waals surface area contributed by atoms with E-state index in [-0.39, 0.29) is 0 Å². The molecule has 1 fully saturated rings. The molecule has 2 heterocycles. The first kappa shape index (κ1) is 8.75. The summed E-state index contributed by atoms with van der Waals surface area (Å²) in [4.78, 5) is 4.20. The van der Waals surface area contributed by atoms with E-state index in [1.165, 1.54) is 25.8 Å². The molecular formula is C10H17N3. The van der Waals surface area contributed by atoms with Gasteiger partial charge in [-0.25, -0.2) is 4.98 Å². The molecule has 2 rings (SSSR count). The molecule has 1 aliphatic heterocycles. The Morgan fingerprint density at radius 1 is 1.69 bits per heavy atom. The van der Waals surface area contributed by atoms with E-state index in [1.54, 1.807) is 0 Å². The number of imidazole rings is 1. The van der Waals surface area contributed by atoms with Crippen molar-refractivity contribution in [1.82, 2.24) is 14.9 Å². The highest BCUT2D eigenvalue weighted by Crippen LogP contribution is 2.10. The smallest absolute Gasteiger partial charge is 0.105 e. The molecule has 0 bridgehead atoms. The summed E-state index contributed by atoms with van der Waals surface area (Å²) in [6.07, 6.45) is 7.85. The lowest BCUT2D eigenvalue weighted by Gasteiger charge is -2.10. The van der Waals surface area contributed by atoms with Gasteiger partial charge in [0.2, 0.25) is 0 Å². The van der Waals surface area contributed by atoms with Gasteiger partial charge in [-0.1, -0.05) is 0 Å². The zero-order valence-corrected chi connectivity index (χ0v) is 8.16. The molecule has 0 radical (unpaired) electrons. The maximum Gasteiger partial charge on any atom is 0.105 e. The van der Waals surface area contributed by atoms with Gasteiger partial charge in [0.25, 0.3) is 0 Å². The predicted octanol–water partition coefficient (Wildman–Crippen LogP) is 1.33. The van der Waals surface area contributed by atoms with Gasteiger partial charge < -0.3 is 9.88 Å². The Kier molecular flexibility index (Phi) is 2.64. The van der Waals surface area contributed by atoms with Crippen LogP contribution in [0.3, 0.4) is 0 Å². The first-order valence-corrected chi connectivity index (χ1v) is 5.07. The number of hydrogen-bond acceptors (Lipinski definition) is 2. The van der Waals surface area contributed by atoms with Crippen LogP contribution in [0.1, 0.15) is 25.1 Å². The highest BCUT2D eigenvalue weighted by Gasteiger charge is 2.13. The van der Waals surface area contributed by atoms with Crippen LogP contribution in [0.5, 0.6) is 0 Å². The Morgan fingerprint density at radius 2 is 2.62 bits per heavy atom. The minimum atomic E-state index is 0.738. The van der Waals surface area contributed by atoms with Crippen molar-refractivity contribution in [3.8, 4) is 0 Å². The molecule has 0 saturated carbocycles. The van der Waals surface area contributed by atoms with E-state index in [1.807, 2.05) is 6.20 Å². The van der Waals surface area contributed by atoms with E-state index >= 15 is 0 Å². The van der Waals surface area contributed by atoms with Crippen LogP contribution < -0.4 is 5.32 Å². The van der Waals surface area contributed by atoms with Gasteiger partial charge in [0.1, 0.15) is 5.82 Å². The quantitative estimate of drug-likeness (QED) is 0.758. The Morgan fingerprint density at radius 3 is 3.23 bits per heavy atom. The highest BCUT2D eigenvalue weighted by molar-refractivity contribution is 4.89. The normalized spacial score (nSPS) is 22.4. The van der Waals surface area contributed by atoms with Crippen molar-refractivity contribution in [2.24, 2.45) is 0 Å². The standard InChI is InChI=1S/C10H17N3/c1-9-11-6-8-13(9)7-4-10-3-2-5-12-10/h6,8,10,12H,2-5,7H2,1H3. The molecule has 0 spiro atoms. The van der Waals surface area contributed by atoms with Gasteiger partial charge in [0, 0.05) is 25.0 Å². The maximum atomic E-state index is 4.20. The van der Waals surface area contributed by atoms with Crippen molar-refractivity contribution < 1.29 is 0 Å². The number of nitrogens with one attached hydrogen (secondary N) is 1. The van der Waals surface area contributed by atoms with Gasteiger partial charge in [-0.05, 0) is 32.7 Å². The van der Waals surface area contributed by atoms with Gasteiger partial charge in [0.05, 0.1) is 0 Å². The average Bonchev–Trinajstić information content (AvgIpc) is 2.72. The summed E-state index contributed by atoms with van der Waals surface area (Å²) in [5, 5.41) is 3.50. The molecule has 0 aliphatic carbocycles. The first-order chi connectivity index (χ1) is 6.36. The van der Waals surface area contributed by atoms with Gasteiger partial charge >= 0.3 is 0 Å². The molecule has 72 valence electrons. The molecule has 1 N–H and O–H groups in total. The number of rotatable bonds is 3. The molecule has 0 amide bonds. The summed E-state index contributed by atoms with van der Waals surface area (Å²) in [7, 11) is 0. The fraction of sp³-hybridized carbons (Fsp3) is 0.700. The van der Waals surface area contributed by atoms with Crippen molar-refractivity contribution >= 4 is 0 Å². The van der Waals surface area contributed by atoms with Crippen molar-refractivity contribution in [3.63, 3.8) is 0 Å². The molecule has 13 heavy (non-hydrogen) atoms. The number of aryl methyl sites for hydroxylation is 2. The van der Waals surface area contributed by atoms with Crippen LogP contribution in [0.4, 0.5) is 0 Å². The summed E-state index contributed by atoms with van der Waals surface area (Å²) in [6.45, 7) is 4.36. The van der Waals surface area contributed by atoms with Crippen molar-refractivity contribution in [1.29, 1.82) is 0 Å². The second-order valence-corrected chi connectivity index (χ2v) is 3.75. The zero-order chi connectivity index (χ0) is 9.10. The largest absolute Gasteiger partial charge is 0.335 e. The maximum absolute atomic E-state index is 4.20. The number of hydrogen-bond donors (Lipinski definition) is 1. The molecule has 1 aromatic heterocycles. The molecule has 1 aliphatic rings. The van der Waals surface area contributed by atoms with E-state index < -0.39 is 0 Å². The van der Waals surface area contributed by atoms with E-state index in [2.05, 4.69) is 28.0 Å². The Hall–Kier alpha value is -0.830. The third kappa shape index (κ3) is 2.10. The molecule has 1 atom stereocenters. The van der Waals surface area contributed by atoms with E-state index in [0.29, 0.717) is 0 Å². The monoisotopic (exact) mass is 179 g/mol. The Balaban J connectivity index is 1.82. The van der Waals surface area contributed by atoms with E-state index in [4.69, 9.17) is 0 Å². The summed E-state index contributed by atoms with van der Waals surface area (Å²) in [5.41, 5.74) is 0. The molecular weight excluding hydrogens is 162 g/mol. The molecule has 3 nitrogen and oxygen atoms in total. The second kappa shape index (κ2) is 3.92. The Labute approximate surface area is 79.2 Å². The van der Waals surface area contributed by atoms with Crippen LogP contribution in [0.2, 0.25) is 0 Å². The van der Waals surface area contributed by atoms with E-state index in [0.717, 1.165) is 18.4 Å². The topological polar surface area (TPSA) is 29.9 Å². The first-order valence-electron chi connectivity index (χ1n) is 5.07.